The van der Waals surface area contributed by atoms with Crippen LogP contribution in [0.2, 0.25) is 0 Å². The molecule has 5 heteroatoms. The number of rotatable bonds is 9. The van der Waals surface area contributed by atoms with Crippen LogP contribution >= 0.6 is 11.3 Å². The lowest BCUT2D eigenvalue weighted by atomic mass is 10.0. The fraction of sp³-hybridized carbons (Fsp3) is 0.667. The molecule has 20 heavy (non-hydrogen) atoms. The maximum atomic E-state index is 12.2. The molecule has 0 aliphatic rings. The van der Waals surface area contributed by atoms with E-state index in [4.69, 9.17) is 5.11 Å². The molecule has 1 unspecified atom stereocenters. The monoisotopic (exact) mass is 298 g/mol. The molecule has 2 N–H and O–H groups in total. The van der Waals surface area contributed by atoms with Gasteiger partial charge in [0.2, 0.25) is 5.91 Å². The summed E-state index contributed by atoms with van der Waals surface area (Å²) in [4.78, 5) is 15.4. The Morgan fingerprint density at radius 3 is 2.75 bits per heavy atom. The predicted molar refractivity (Wildman–Crippen MR) is 83.9 cm³/mol. The molecule has 0 aromatic carbocycles. The fourth-order valence-corrected chi connectivity index (χ4v) is 3.05. The quantitative estimate of drug-likeness (QED) is 0.735. The van der Waals surface area contributed by atoms with Crippen LogP contribution in [0.1, 0.15) is 38.1 Å². The minimum Gasteiger partial charge on any atom is -0.396 e. The molecular formula is C15H26N2O2S. The standard InChI is InChI=1S/C15H26N2O2S/c1-4-17(8-6-9-18)11-14(19)16-15(12(2)3)13-7-5-10-20-13/h5,7,10,12,15,18H,4,6,8-9,11H2,1-3H3,(H,16,19). The van der Waals surface area contributed by atoms with Crippen molar-refractivity contribution in [1.82, 2.24) is 10.2 Å². The lowest BCUT2D eigenvalue weighted by Gasteiger charge is -2.24. The molecule has 1 atom stereocenters. The van der Waals surface area contributed by atoms with Crippen molar-refractivity contribution in [3.8, 4) is 0 Å². The average molecular weight is 298 g/mol. The van der Waals surface area contributed by atoms with E-state index in [2.05, 4.69) is 30.1 Å². The van der Waals surface area contributed by atoms with Crippen molar-refractivity contribution >= 4 is 17.2 Å². The van der Waals surface area contributed by atoms with E-state index in [0.29, 0.717) is 18.9 Å². The highest BCUT2D eigenvalue weighted by Crippen LogP contribution is 2.25. The Bertz CT molecular complexity index is 379. The van der Waals surface area contributed by atoms with Crippen molar-refractivity contribution in [1.29, 1.82) is 0 Å². The van der Waals surface area contributed by atoms with E-state index >= 15 is 0 Å². The summed E-state index contributed by atoms with van der Waals surface area (Å²) < 4.78 is 0. The molecule has 1 aromatic rings. The number of carbonyl (C=O) groups excluding carboxylic acids is 1. The van der Waals surface area contributed by atoms with Crippen LogP contribution in [0.5, 0.6) is 0 Å². The van der Waals surface area contributed by atoms with Gasteiger partial charge in [0.1, 0.15) is 0 Å². The molecule has 114 valence electrons. The van der Waals surface area contributed by atoms with Crippen LogP contribution in [0.25, 0.3) is 0 Å². The highest BCUT2D eigenvalue weighted by molar-refractivity contribution is 7.10. The Morgan fingerprint density at radius 1 is 1.50 bits per heavy atom. The molecule has 1 rings (SSSR count). The molecule has 0 spiro atoms. The zero-order valence-electron chi connectivity index (χ0n) is 12.6. The lowest BCUT2D eigenvalue weighted by molar-refractivity contribution is -0.123. The summed E-state index contributed by atoms with van der Waals surface area (Å²) in [7, 11) is 0. The SMILES string of the molecule is CCN(CCCO)CC(=O)NC(c1cccs1)C(C)C. The van der Waals surface area contributed by atoms with Crippen molar-refractivity contribution < 1.29 is 9.90 Å². The van der Waals surface area contributed by atoms with E-state index in [9.17, 15) is 4.79 Å². The molecule has 0 fully saturated rings. The number of thiophene rings is 1. The first-order valence-electron chi connectivity index (χ1n) is 7.24. The Balaban J connectivity index is 2.54. The van der Waals surface area contributed by atoms with E-state index in [0.717, 1.165) is 13.1 Å². The van der Waals surface area contributed by atoms with E-state index < -0.39 is 0 Å². The van der Waals surface area contributed by atoms with Crippen LogP contribution in [-0.2, 0) is 4.79 Å². The van der Waals surface area contributed by atoms with Gasteiger partial charge in [0, 0.05) is 18.0 Å². The van der Waals surface area contributed by atoms with Gasteiger partial charge in [-0.15, -0.1) is 11.3 Å². The highest BCUT2D eigenvalue weighted by Gasteiger charge is 2.20. The number of aliphatic hydroxyl groups is 1. The number of hydrogen-bond acceptors (Lipinski definition) is 4. The van der Waals surface area contributed by atoms with Gasteiger partial charge in [-0.25, -0.2) is 0 Å². The number of aliphatic hydroxyl groups excluding tert-OH is 1. The molecule has 0 aliphatic carbocycles. The first-order chi connectivity index (χ1) is 9.58. The second-order valence-electron chi connectivity index (χ2n) is 5.25. The van der Waals surface area contributed by atoms with Crippen molar-refractivity contribution in [2.24, 2.45) is 5.92 Å². The van der Waals surface area contributed by atoms with Crippen molar-refractivity contribution in [3.05, 3.63) is 22.4 Å². The topological polar surface area (TPSA) is 52.6 Å². The zero-order valence-corrected chi connectivity index (χ0v) is 13.4. The molecule has 1 aromatic heterocycles. The third-order valence-corrected chi connectivity index (χ3v) is 4.24. The van der Waals surface area contributed by atoms with E-state index in [1.807, 2.05) is 18.4 Å². The van der Waals surface area contributed by atoms with Crippen molar-refractivity contribution in [2.75, 3.05) is 26.2 Å². The highest BCUT2D eigenvalue weighted by atomic mass is 32.1. The molecular weight excluding hydrogens is 272 g/mol. The van der Waals surface area contributed by atoms with Crippen LogP contribution < -0.4 is 5.32 Å². The Kier molecular flexibility index (Phi) is 7.80. The number of nitrogens with one attached hydrogen (secondary N) is 1. The summed E-state index contributed by atoms with van der Waals surface area (Å²) in [5.74, 6) is 0.419. The first kappa shape index (κ1) is 17.1. The summed E-state index contributed by atoms with van der Waals surface area (Å²) in [5.41, 5.74) is 0. The van der Waals surface area contributed by atoms with Gasteiger partial charge in [0.15, 0.2) is 0 Å². The largest absolute Gasteiger partial charge is 0.396 e. The van der Waals surface area contributed by atoms with Gasteiger partial charge in [0.25, 0.3) is 0 Å². The number of carbonyl (C=O) groups is 1. The van der Waals surface area contributed by atoms with E-state index in [1.165, 1.54) is 4.88 Å². The molecule has 4 nitrogen and oxygen atoms in total. The van der Waals surface area contributed by atoms with Crippen LogP contribution in [0, 0.1) is 5.92 Å². The first-order valence-corrected chi connectivity index (χ1v) is 8.12. The van der Waals surface area contributed by atoms with Crippen molar-refractivity contribution in [3.63, 3.8) is 0 Å². The second kappa shape index (κ2) is 9.10. The third-order valence-electron chi connectivity index (χ3n) is 3.28. The Hall–Kier alpha value is -0.910. The van der Waals surface area contributed by atoms with Gasteiger partial charge in [-0.2, -0.15) is 0 Å². The molecule has 0 saturated carbocycles. The van der Waals surface area contributed by atoms with Gasteiger partial charge >= 0.3 is 0 Å². The van der Waals surface area contributed by atoms with Gasteiger partial charge in [-0.05, 0) is 30.3 Å². The summed E-state index contributed by atoms with van der Waals surface area (Å²) >= 11 is 1.68. The van der Waals surface area contributed by atoms with Crippen LogP contribution in [0.4, 0.5) is 0 Å². The summed E-state index contributed by atoms with van der Waals surface area (Å²) in [5, 5.41) is 14.0. The van der Waals surface area contributed by atoms with Gasteiger partial charge in [-0.3, -0.25) is 9.69 Å². The van der Waals surface area contributed by atoms with Crippen molar-refractivity contribution in [2.45, 2.75) is 33.2 Å². The molecule has 0 aliphatic heterocycles. The Morgan fingerprint density at radius 2 is 2.25 bits per heavy atom. The smallest absolute Gasteiger partial charge is 0.234 e. The number of likely N-dealkylation sites (N-methyl/N-ethyl adjacent to an activating group) is 1. The molecule has 0 bridgehead atoms. The number of hydrogen-bond donors (Lipinski definition) is 2. The normalized spacial score (nSPS) is 12.9. The fourth-order valence-electron chi connectivity index (χ4n) is 2.10. The minimum atomic E-state index is 0.0527. The number of amides is 1. The number of nitrogens with zero attached hydrogens (tertiary/aromatic N) is 1. The van der Waals surface area contributed by atoms with Gasteiger partial charge < -0.3 is 10.4 Å². The van der Waals surface area contributed by atoms with Gasteiger partial charge in [0.05, 0.1) is 12.6 Å². The molecule has 1 heterocycles. The average Bonchev–Trinajstić information content (AvgIpc) is 2.94. The van der Waals surface area contributed by atoms with E-state index in [1.54, 1.807) is 11.3 Å². The third kappa shape index (κ3) is 5.61. The molecule has 0 radical (unpaired) electrons. The van der Waals surface area contributed by atoms with Crippen LogP contribution in [-0.4, -0.2) is 42.2 Å². The van der Waals surface area contributed by atoms with Crippen LogP contribution in [0.3, 0.4) is 0 Å². The summed E-state index contributed by atoms with van der Waals surface area (Å²) in [6, 6.07) is 4.17. The predicted octanol–water partition coefficient (Wildman–Crippen LogP) is 2.27. The van der Waals surface area contributed by atoms with Crippen LogP contribution in [0.15, 0.2) is 17.5 Å². The zero-order chi connectivity index (χ0) is 15.0. The molecule has 0 saturated heterocycles. The maximum absolute atomic E-state index is 12.2. The molecule has 1 amide bonds. The summed E-state index contributed by atoms with van der Waals surface area (Å²) in [6.07, 6.45) is 0.708. The van der Waals surface area contributed by atoms with E-state index in [-0.39, 0.29) is 18.6 Å². The minimum absolute atomic E-state index is 0.0527. The summed E-state index contributed by atoms with van der Waals surface area (Å²) in [6.45, 7) is 8.41. The maximum Gasteiger partial charge on any atom is 0.234 e. The lowest BCUT2D eigenvalue weighted by Crippen LogP contribution is -2.40. The second-order valence-corrected chi connectivity index (χ2v) is 6.23. The van der Waals surface area contributed by atoms with Gasteiger partial charge in [-0.1, -0.05) is 26.8 Å². The Labute approximate surface area is 125 Å².